The van der Waals surface area contributed by atoms with Crippen LogP contribution in [0, 0.1) is 0 Å². The Kier molecular flexibility index (Phi) is 4.04. The van der Waals surface area contributed by atoms with Crippen LogP contribution in [0.1, 0.15) is 24.0 Å². The van der Waals surface area contributed by atoms with Crippen molar-refractivity contribution in [1.29, 1.82) is 0 Å². The summed E-state index contributed by atoms with van der Waals surface area (Å²) in [6.45, 7) is 0. The second kappa shape index (κ2) is 6.90. The highest BCUT2D eigenvalue weighted by molar-refractivity contribution is 6.30. The first-order valence-corrected chi connectivity index (χ1v) is 10.7. The molecule has 1 aromatic heterocycles. The first kappa shape index (κ1) is 17.6. The van der Waals surface area contributed by atoms with Crippen molar-refractivity contribution in [3.8, 4) is 0 Å². The van der Waals surface area contributed by atoms with E-state index >= 15 is 0 Å². The van der Waals surface area contributed by atoms with Gasteiger partial charge in [0.1, 0.15) is 11.2 Å². The molecule has 6 rings (SSSR count). The Morgan fingerprint density at radius 1 is 0.800 bits per heavy atom. The van der Waals surface area contributed by atoms with E-state index in [9.17, 15) is 0 Å². The highest BCUT2D eigenvalue weighted by atomic mass is 35.5. The lowest BCUT2D eigenvalue weighted by Crippen LogP contribution is -1.94. The minimum Gasteiger partial charge on any atom is -0.455 e. The van der Waals surface area contributed by atoms with Gasteiger partial charge >= 0.3 is 0 Å². The maximum atomic E-state index is 6.41. The van der Waals surface area contributed by atoms with Gasteiger partial charge in [-0.05, 0) is 64.6 Å². The zero-order valence-electron chi connectivity index (χ0n) is 16.4. The van der Waals surface area contributed by atoms with Crippen LogP contribution in [0.25, 0.3) is 43.9 Å². The minimum absolute atomic E-state index is 0.773. The van der Waals surface area contributed by atoms with Crippen LogP contribution in [0.5, 0.6) is 0 Å². The normalized spacial score (nSPS) is 14.3. The molecule has 5 aromatic rings. The number of furan rings is 1. The van der Waals surface area contributed by atoms with Crippen molar-refractivity contribution in [2.24, 2.45) is 0 Å². The third kappa shape index (κ3) is 2.78. The number of halogens is 1. The molecular formula is C28H19ClO. The maximum absolute atomic E-state index is 6.41. The summed E-state index contributed by atoms with van der Waals surface area (Å²) < 4.78 is 6.41. The second-order valence-electron chi connectivity index (χ2n) is 7.83. The lowest BCUT2D eigenvalue weighted by Gasteiger charge is -2.16. The summed E-state index contributed by atoms with van der Waals surface area (Å²) in [6.07, 6.45) is 6.64. The van der Waals surface area contributed by atoms with E-state index in [2.05, 4.69) is 66.7 Å². The molecule has 2 heteroatoms. The predicted octanol–water partition coefficient (Wildman–Crippen LogP) is 8.65. The Morgan fingerprint density at radius 3 is 2.53 bits per heavy atom. The summed E-state index contributed by atoms with van der Waals surface area (Å²) in [6, 6.07) is 27.3. The first-order chi connectivity index (χ1) is 14.8. The minimum atomic E-state index is 0.773. The average molecular weight is 407 g/mol. The van der Waals surface area contributed by atoms with E-state index in [4.69, 9.17) is 16.0 Å². The standard InChI is InChI=1S/C28H19ClO/c29-22-11-6-9-19(16-22)18-8-5-10-20(15-18)25-17-21-7-1-2-12-23(21)27-24-13-3-4-14-26(24)30-28(25)27/h1-4,6-7,9-17H,5,8H2. The molecule has 1 aliphatic carbocycles. The quantitative estimate of drug-likeness (QED) is 0.286. The summed E-state index contributed by atoms with van der Waals surface area (Å²) in [5.41, 5.74) is 6.76. The van der Waals surface area contributed by atoms with Crippen LogP contribution in [0.15, 0.2) is 95.4 Å². The summed E-state index contributed by atoms with van der Waals surface area (Å²) in [4.78, 5) is 0. The SMILES string of the molecule is Clc1cccc(C2=CC(c3cc4ccccc4c4c3oc3ccccc34)=CCC2)c1. The second-order valence-corrected chi connectivity index (χ2v) is 8.26. The van der Waals surface area contributed by atoms with Crippen LogP contribution in [-0.2, 0) is 0 Å². The van der Waals surface area contributed by atoms with Crippen LogP contribution in [0.4, 0.5) is 0 Å². The molecule has 0 saturated carbocycles. The third-order valence-electron chi connectivity index (χ3n) is 5.98. The van der Waals surface area contributed by atoms with Crippen molar-refractivity contribution >= 4 is 55.5 Å². The molecule has 0 saturated heterocycles. The smallest absolute Gasteiger partial charge is 0.143 e. The van der Waals surface area contributed by atoms with E-state index in [1.165, 1.54) is 38.3 Å². The maximum Gasteiger partial charge on any atom is 0.143 e. The van der Waals surface area contributed by atoms with Crippen molar-refractivity contribution in [2.75, 3.05) is 0 Å². The molecule has 1 heterocycles. The fraction of sp³-hybridized carbons (Fsp3) is 0.0714. The van der Waals surface area contributed by atoms with Crippen LogP contribution in [0.2, 0.25) is 5.02 Å². The number of hydrogen-bond donors (Lipinski definition) is 0. The van der Waals surface area contributed by atoms with Crippen molar-refractivity contribution in [2.45, 2.75) is 12.8 Å². The monoisotopic (exact) mass is 406 g/mol. The van der Waals surface area contributed by atoms with Crippen LogP contribution in [0.3, 0.4) is 0 Å². The first-order valence-electron chi connectivity index (χ1n) is 10.3. The number of rotatable bonds is 2. The Labute approximate surface area is 179 Å². The highest BCUT2D eigenvalue weighted by Crippen LogP contribution is 2.41. The number of allylic oxidation sites excluding steroid dienone is 4. The van der Waals surface area contributed by atoms with Gasteiger partial charge in [0.05, 0.1) is 0 Å². The molecule has 0 radical (unpaired) electrons. The van der Waals surface area contributed by atoms with Gasteiger partial charge in [-0.3, -0.25) is 0 Å². The summed E-state index contributed by atoms with van der Waals surface area (Å²) >= 11 is 6.25. The number of hydrogen-bond acceptors (Lipinski definition) is 1. The Bertz CT molecular complexity index is 1500. The molecule has 0 fully saturated rings. The molecule has 0 N–H and O–H groups in total. The van der Waals surface area contributed by atoms with Gasteiger partial charge in [0.25, 0.3) is 0 Å². The van der Waals surface area contributed by atoms with Gasteiger partial charge in [0.2, 0.25) is 0 Å². The Balaban J connectivity index is 1.63. The molecule has 1 nitrogen and oxygen atoms in total. The molecule has 0 aliphatic heterocycles. The molecule has 144 valence electrons. The van der Waals surface area contributed by atoms with Gasteiger partial charge in [-0.25, -0.2) is 0 Å². The summed E-state index contributed by atoms with van der Waals surface area (Å²) in [5, 5.41) is 5.60. The van der Waals surface area contributed by atoms with E-state index < -0.39 is 0 Å². The fourth-order valence-electron chi connectivity index (χ4n) is 4.59. The lowest BCUT2D eigenvalue weighted by atomic mass is 9.89. The van der Waals surface area contributed by atoms with Gasteiger partial charge in [-0.1, -0.05) is 78.4 Å². The van der Waals surface area contributed by atoms with Gasteiger partial charge in [-0.2, -0.15) is 0 Å². The van der Waals surface area contributed by atoms with E-state index in [-0.39, 0.29) is 0 Å². The third-order valence-corrected chi connectivity index (χ3v) is 6.22. The van der Waals surface area contributed by atoms with Gasteiger partial charge in [0, 0.05) is 21.4 Å². The van der Waals surface area contributed by atoms with E-state index in [1.807, 2.05) is 24.3 Å². The Hall–Kier alpha value is -3.29. The summed E-state index contributed by atoms with van der Waals surface area (Å²) in [7, 11) is 0. The van der Waals surface area contributed by atoms with Gasteiger partial charge in [0.15, 0.2) is 0 Å². The molecule has 1 aliphatic rings. The molecule has 0 amide bonds. The molecule has 4 aromatic carbocycles. The lowest BCUT2D eigenvalue weighted by molar-refractivity contribution is 0.668. The molecule has 0 unspecified atom stereocenters. The molecule has 0 bridgehead atoms. The molecular weight excluding hydrogens is 388 g/mol. The predicted molar refractivity (Wildman–Crippen MR) is 128 cm³/mol. The van der Waals surface area contributed by atoms with Gasteiger partial charge < -0.3 is 4.42 Å². The number of fused-ring (bicyclic) bond motifs is 5. The molecule has 0 spiro atoms. The molecule has 0 atom stereocenters. The summed E-state index contributed by atoms with van der Waals surface area (Å²) in [5.74, 6) is 0. The van der Waals surface area contributed by atoms with Crippen molar-refractivity contribution in [3.05, 3.63) is 107 Å². The topological polar surface area (TPSA) is 13.1 Å². The average Bonchev–Trinajstić information content (AvgIpc) is 3.18. The van der Waals surface area contributed by atoms with Crippen LogP contribution in [-0.4, -0.2) is 0 Å². The van der Waals surface area contributed by atoms with Crippen molar-refractivity contribution in [3.63, 3.8) is 0 Å². The van der Waals surface area contributed by atoms with E-state index in [0.717, 1.165) is 34.6 Å². The van der Waals surface area contributed by atoms with E-state index in [0.29, 0.717) is 0 Å². The Morgan fingerprint density at radius 2 is 1.63 bits per heavy atom. The largest absolute Gasteiger partial charge is 0.455 e. The molecule has 30 heavy (non-hydrogen) atoms. The number of para-hydroxylation sites is 1. The van der Waals surface area contributed by atoms with E-state index in [1.54, 1.807) is 0 Å². The zero-order chi connectivity index (χ0) is 20.1. The van der Waals surface area contributed by atoms with Crippen LogP contribution >= 0.6 is 11.6 Å². The van der Waals surface area contributed by atoms with Crippen molar-refractivity contribution < 1.29 is 4.42 Å². The fourth-order valence-corrected chi connectivity index (χ4v) is 4.78. The van der Waals surface area contributed by atoms with Crippen molar-refractivity contribution in [1.82, 2.24) is 0 Å². The highest BCUT2D eigenvalue weighted by Gasteiger charge is 2.18. The zero-order valence-corrected chi connectivity index (χ0v) is 17.1. The number of benzene rings is 4. The van der Waals surface area contributed by atoms with Crippen LogP contribution < -0.4 is 0 Å². The van der Waals surface area contributed by atoms with Gasteiger partial charge in [-0.15, -0.1) is 0 Å².